The zero-order valence-electron chi connectivity index (χ0n) is 13.0. The molecule has 4 nitrogen and oxygen atoms in total. The molecule has 1 aliphatic carbocycles. The fraction of sp³-hybridized carbons (Fsp3) is 0.733. The zero-order valence-corrected chi connectivity index (χ0v) is 13.0. The summed E-state index contributed by atoms with van der Waals surface area (Å²) in [4.78, 5) is 11.7. The minimum absolute atomic E-state index is 0.344. The molecular formula is C15H26N4. The van der Waals surface area contributed by atoms with Crippen LogP contribution in [-0.2, 0) is 0 Å². The van der Waals surface area contributed by atoms with Gasteiger partial charge in [-0.15, -0.1) is 0 Å². The normalized spacial score (nSPS) is 16.6. The Kier molecular flexibility index (Phi) is 3.97. The smallest absolute Gasteiger partial charge is 0.137 e. The van der Waals surface area contributed by atoms with Gasteiger partial charge >= 0.3 is 0 Å². The molecule has 4 heteroatoms. The maximum absolute atomic E-state index is 4.79. The van der Waals surface area contributed by atoms with Crippen molar-refractivity contribution in [1.29, 1.82) is 0 Å². The van der Waals surface area contributed by atoms with Crippen LogP contribution in [0.4, 0.5) is 11.6 Å². The molecular weight excluding hydrogens is 236 g/mol. The molecule has 0 aliphatic heterocycles. The molecule has 1 unspecified atom stereocenters. The van der Waals surface area contributed by atoms with Gasteiger partial charge in [0.2, 0.25) is 0 Å². The predicted molar refractivity (Wildman–Crippen MR) is 81.0 cm³/mol. The van der Waals surface area contributed by atoms with Gasteiger partial charge in [0.1, 0.15) is 17.5 Å². The second-order valence-corrected chi connectivity index (χ2v) is 5.97. The molecule has 106 valence electrons. The van der Waals surface area contributed by atoms with E-state index in [1.165, 1.54) is 12.8 Å². The van der Waals surface area contributed by atoms with Crippen molar-refractivity contribution < 1.29 is 0 Å². The van der Waals surface area contributed by atoms with Crippen molar-refractivity contribution in [3.05, 3.63) is 11.4 Å². The molecule has 1 aromatic heterocycles. The van der Waals surface area contributed by atoms with Gasteiger partial charge in [-0.3, -0.25) is 0 Å². The van der Waals surface area contributed by atoms with Crippen LogP contribution < -0.4 is 10.2 Å². The summed E-state index contributed by atoms with van der Waals surface area (Å²) in [6.45, 7) is 8.67. The highest BCUT2D eigenvalue weighted by molar-refractivity contribution is 5.58. The van der Waals surface area contributed by atoms with Crippen LogP contribution in [0, 0.1) is 12.8 Å². The third-order valence-corrected chi connectivity index (χ3v) is 4.14. The van der Waals surface area contributed by atoms with Crippen molar-refractivity contribution in [3.8, 4) is 0 Å². The van der Waals surface area contributed by atoms with Crippen LogP contribution in [0.1, 0.15) is 50.9 Å². The molecule has 1 aliphatic rings. The third-order valence-electron chi connectivity index (χ3n) is 4.14. The lowest BCUT2D eigenvalue weighted by Crippen LogP contribution is -2.32. The van der Waals surface area contributed by atoms with Crippen LogP contribution in [0.2, 0.25) is 0 Å². The number of aromatic nitrogens is 2. The van der Waals surface area contributed by atoms with Crippen LogP contribution in [0.15, 0.2) is 0 Å². The minimum Gasteiger partial charge on any atom is -0.373 e. The van der Waals surface area contributed by atoms with Crippen LogP contribution in [0.5, 0.6) is 0 Å². The average Bonchev–Trinajstić information content (AvgIpc) is 3.21. The van der Waals surface area contributed by atoms with Crippen LogP contribution in [0.25, 0.3) is 0 Å². The number of nitrogens with one attached hydrogen (secondary N) is 1. The summed E-state index contributed by atoms with van der Waals surface area (Å²) in [7, 11) is 4.08. The van der Waals surface area contributed by atoms with Gasteiger partial charge in [0.05, 0.1) is 0 Å². The first kappa shape index (κ1) is 14.1. The molecule has 1 fully saturated rings. The molecule has 0 amide bonds. The highest BCUT2D eigenvalue weighted by Crippen LogP contribution is 2.37. The first-order valence-corrected chi connectivity index (χ1v) is 7.24. The molecule has 1 saturated carbocycles. The van der Waals surface area contributed by atoms with Gasteiger partial charge in [0, 0.05) is 31.6 Å². The summed E-state index contributed by atoms with van der Waals surface area (Å²) in [6.07, 6.45) is 2.71. The molecule has 19 heavy (non-hydrogen) atoms. The van der Waals surface area contributed by atoms with Gasteiger partial charge in [-0.05, 0) is 32.6 Å². The molecule has 0 aromatic carbocycles. The van der Waals surface area contributed by atoms with Gasteiger partial charge < -0.3 is 10.2 Å². The molecule has 1 heterocycles. The highest BCUT2D eigenvalue weighted by Gasteiger charge is 2.32. The standard InChI is InChI=1S/C15H26N4/c1-9(2)13-17-14(16-5)10(3)15(18-13)19(6)11(4)12-7-8-12/h9,11-12H,7-8H2,1-6H3,(H,16,17,18). The van der Waals surface area contributed by atoms with Gasteiger partial charge in [0.25, 0.3) is 0 Å². The zero-order chi connectivity index (χ0) is 14.2. The van der Waals surface area contributed by atoms with Crippen molar-refractivity contribution in [2.24, 2.45) is 5.92 Å². The fourth-order valence-electron chi connectivity index (χ4n) is 2.45. The number of nitrogens with zero attached hydrogens (tertiary/aromatic N) is 3. The Labute approximate surface area is 116 Å². The Morgan fingerprint density at radius 2 is 1.84 bits per heavy atom. The second-order valence-electron chi connectivity index (χ2n) is 5.97. The quantitative estimate of drug-likeness (QED) is 0.885. The van der Waals surface area contributed by atoms with E-state index in [9.17, 15) is 0 Å². The fourth-order valence-corrected chi connectivity index (χ4v) is 2.45. The lowest BCUT2D eigenvalue weighted by atomic mass is 10.1. The Hall–Kier alpha value is -1.32. The van der Waals surface area contributed by atoms with E-state index in [0.29, 0.717) is 12.0 Å². The number of hydrogen-bond donors (Lipinski definition) is 1. The number of hydrogen-bond acceptors (Lipinski definition) is 4. The van der Waals surface area contributed by atoms with Crippen molar-refractivity contribution in [2.45, 2.75) is 52.5 Å². The monoisotopic (exact) mass is 262 g/mol. The maximum atomic E-state index is 4.79. The Morgan fingerprint density at radius 1 is 1.21 bits per heavy atom. The first-order chi connectivity index (χ1) is 8.95. The van der Waals surface area contributed by atoms with Gasteiger partial charge in [0.15, 0.2) is 0 Å². The first-order valence-electron chi connectivity index (χ1n) is 7.24. The Bertz CT molecular complexity index is 452. The Balaban J connectivity index is 2.39. The van der Waals surface area contributed by atoms with Crippen molar-refractivity contribution in [2.75, 3.05) is 24.3 Å². The SMILES string of the molecule is CNc1nc(C(C)C)nc(N(C)C(C)C2CC2)c1C. The summed E-state index contributed by atoms with van der Waals surface area (Å²) < 4.78 is 0. The summed E-state index contributed by atoms with van der Waals surface area (Å²) in [6, 6.07) is 0.554. The van der Waals surface area contributed by atoms with Gasteiger partial charge in [-0.25, -0.2) is 9.97 Å². The maximum Gasteiger partial charge on any atom is 0.137 e. The predicted octanol–water partition coefficient (Wildman–Crippen LogP) is 3.18. The molecule has 0 saturated heterocycles. The second kappa shape index (κ2) is 5.35. The minimum atomic E-state index is 0.344. The van der Waals surface area contributed by atoms with E-state index in [-0.39, 0.29) is 0 Å². The molecule has 2 rings (SSSR count). The summed E-state index contributed by atoms with van der Waals surface area (Å²) in [5.41, 5.74) is 1.14. The van der Waals surface area contributed by atoms with Crippen LogP contribution in [-0.4, -0.2) is 30.1 Å². The number of anilines is 2. The summed E-state index contributed by atoms with van der Waals surface area (Å²) in [5.74, 6) is 4.11. The van der Waals surface area contributed by atoms with E-state index >= 15 is 0 Å². The molecule has 1 N–H and O–H groups in total. The Morgan fingerprint density at radius 3 is 2.32 bits per heavy atom. The average molecular weight is 262 g/mol. The van der Waals surface area contributed by atoms with E-state index in [4.69, 9.17) is 4.98 Å². The molecule has 0 bridgehead atoms. The number of rotatable bonds is 5. The van der Waals surface area contributed by atoms with E-state index in [0.717, 1.165) is 28.9 Å². The van der Waals surface area contributed by atoms with Crippen molar-refractivity contribution >= 4 is 11.6 Å². The molecule has 1 aromatic rings. The third kappa shape index (κ3) is 2.82. The van der Waals surface area contributed by atoms with Crippen LogP contribution in [0.3, 0.4) is 0 Å². The van der Waals surface area contributed by atoms with E-state index in [1.54, 1.807) is 0 Å². The largest absolute Gasteiger partial charge is 0.373 e. The van der Waals surface area contributed by atoms with Crippen molar-refractivity contribution in [3.63, 3.8) is 0 Å². The molecule has 0 spiro atoms. The van der Waals surface area contributed by atoms with E-state index in [2.05, 4.69) is 49.9 Å². The van der Waals surface area contributed by atoms with Gasteiger partial charge in [-0.2, -0.15) is 0 Å². The van der Waals surface area contributed by atoms with Crippen LogP contribution >= 0.6 is 0 Å². The lowest BCUT2D eigenvalue weighted by Gasteiger charge is -2.28. The van der Waals surface area contributed by atoms with Gasteiger partial charge in [-0.1, -0.05) is 13.8 Å². The van der Waals surface area contributed by atoms with Crippen molar-refractivity contribution in [1.82, 2.24) is 9.97 Å². The topological polar surface area (TPSA) is 41.1 Å². The molecule has 0 radical (unpaired) electrons. The summed E-state index contributed by atoms with van der Waals surface area (Å²) >= 11 is 0. The lowest BCUT2D eigenvalue weighted by molar-refractivity contribution is 0.599. The van der Waals surface area contributed by atoms with E-state index in [1.807, 2.05) is 7.05 Å². The summed E-state index contributed by atoms with van der Waals surface area (Å²) in [5, 5.41) is 3.19. The molecule has 1 atom stereocenters. The van der Waals surface area contributed by atoms with E-state index < -0.39 is 0 Å². The highest BCUT2D eigenvalue weighted by atomic mass is 15.2.